The van der Waals surface area contributed by atoms with Crippen molar-refractivity contribution in [1.29, 1.82) is 0 Å². The quantitative estimate of drug-likeness (QED) is 0.786. The van der Waals surface area contributed by atoms with Crippen molar-refractivity contribution in [2.75, 3.05) is 7.11 Å². The fourth-order valence-corrected chi connectivity index (χ4v) is 3.80. The van der Waals surface area contributed by atoms with Gasteiger partial charge in [0.1, 0.15) is 10.5 Å². The van der Waals surface area contributed by atoms with Crippen molar-refractivity contribution in [3.8, 4) is 0 Å². The van der Waals surface area contributed by atoms with Crippen LogP contribution in [-0.2, 0) is 4.74 Å². The van der Waals surface area contributed by atoms with Gasteiger partial charge in [-0.15, -0.1) is 0 Å². The number of rotatable bonds is 2. The van der Waals surface area contributed by atoms with E-state index >= 15 is 0 Å². The second-order valence-electron chi connectivity index (χ2n) is 5.35. The fourth-order valence-electron chi connectivity index (χ4n) is 2.66. The van der Waals surface area contributed by atoms with Gasteiger partial charge < -0.3 is 4.74 Å². The molecule has 2 nitrogen and oxygen atoms in total. The van der Waals surface area contributed by atoms with Gasteiger partial charge in [0.15, 0.2) is 0 Å². The summed E-state index contributed by atoms with van der Waals surface area (Å²) in [5.41, 5.74) is 4.88. The molecule has 1 heterocycles. The summed E-state index contributed by atoms with van der Waals surface area (Å²) >= 11 is 1.71. The Morgan fingerprint density at radius 1 is 1.10 bits per heavy atom. The normalized spacial score (nSPS) is 23.1. The molecule has 0 saturated heterocycles. The molecule has 0 N–H and O–H groups in total. The second-order valence-corrected chi connectivity index (χ2v) is 6.44. The Kier molecular flexibility index (Phi) is 4.13. The summed E-state index contributed by atoms with van der Waals surface area (Å²) in [4.78, 5) is 4.85. The third kappa shape index (κ3) is 2.89. The summed E-state index contributed by atoms with van der Waals surface area (Å²) in [7, 11) is 1.77. The molecule has 0 bridgehead atoms. The van der Waals surface area contributed by atoms with E-state index in [2.05, 4.69) is 50.2 Å². The average molecular weight is 297 g/mol. The maximum Gasteiger partial charge on any atom is 0.115 e. The Labute approximate surface area is 130 Å². The largest absolute Gasteiger partial charge is 0.370 e. The number of benzene rings is 2. The molecule has 21 heavy (non-hydrogen) atoms. The Bertz CT molecular complexity index is 680. The van der Waals surface area contributed by atoms with E-state index in [1.54, 1.807) is 18.9 Å². The number of nitrogens with zero attached hydrogens (tertiary/aromatic N) is 1. The standard InChI is InChI=1S/C18H19NOS/c1-12-7-6-8-14(11-12)19-17-16-10-5-4-9-15(16)13(2)18(20-3)21-17/h4-11,13,18H,1-3H3/t13-,18-/m1/s1. The predicted molar refractivity (Wildman–Crippen MR) is 90.6 cm³/mol. The lowest BCUT2D eigenvalue weighted by Gasteiger charge is -2.30. The molecule has 0 unspecified atom stereocenters. The topological polar surface area (TPSA) is 21.6 Å². The number of aryl methyl sites for hydroxylation is 1. The van der Waals surface area contributed by atoms with Gasteiger partial charge in [0, 0.05) is 18.6 Å². The van der Waals surface area contributed by atoms with Crippen LogP contribution in [0.5, 0.6) is 0 Å². The summed E-state index contributed by atoms with van der Waals surface area (Å²) in [6, 6.07) is 16.8. The summed E-state index contributed by atoms with van der Waals surface area (Å²) in [6.07, 6.45) is 0. The summed E-state index contributed by atoms with van der Waals surface area (Å²) < 4.78 is 5.63. The molecule has 3 rings (SSSR count). The molecule has 0 aliphatic carbocycles. The number of fused-ring (bicyclic) bond motifs is 1. The van der Waals surface area contributed by atoms with Gasteiger partial charge >= 0.3 is 0 Å². The number of hydrogen-bond donors (Lipinski definition) is 0. The number of thioether (sulfide) groups is 1. The molecule has 0 radical (unpaired) electrons. The molecular weight excluding hydrogens is 278 g/mol. The van der Waals surface area contributed by atoms with E-state index in [-0.39, 0.29) is 5.44 Å². The van der Waals surface area contributed by atoms with Crippen molar-refractivity contribution in [1.82, 2.24) is 0 Å². The number of hydrogen-bond acceptors (Lipinski definition) is 3. The molecule has 108 valence electrons. The number of methoxy groups -OCH3 is 1. The van der Waals surface area contributed by atoms with Crippen molar-refractivity contribution in [3.63, 3.8) is 0 Å². The van der Waals surface area contributed by atoms with Crippen LogP contribution in [0.25, 0.3) is 0 Å². The second kappa shape index (κ2) is 6.04. The van der Waals surface area contributed by atoms with E-state index in [4.69, 9.17) is 9.73 Å². The summed E-state index contributed by atoms with van der Waals surface area (Å²) in [5, 5.41) is 1.04. The van der Waals surface area contributed by atoms with Crippen LogP contribution < -0.4 is 0 Å². The Morgan fingerprint density at radius 2 is 1.90 bits per heavy atom. The van der Waals surface area contributed by atoms with Crippen LogP contribution in [0.3, 0.4) is 0 Å². The zero-order chi connectivity index (χ0) is 14.8. The van der Waals surface area contributed by atoms with E-state index in [9.17, 15) is 0 Å². The Morgan fingerprint density at radius 3 is 2.67 bits per heavy atom. The lowest BCUT2D eigenvalue weighted by Crippen LogP contribution is -2.24. The third-order valence-electron chi connectivity index (χ3n) is 3.78. The maximum atomic E-state index is 5.63. The molecule has 2 atom stereocenters. The van der Waals surface area contributed by atoms with Crippen molar-refractivity contribution >= 4 is 22.5 Å². The van der Waals surface area contributed by atoms with Gasteiger partial charge in [-0.3, -0.25) is 0 Å². The molecular formula is C18H19NOS. The summed E-state index contributed by atoms with van der Waals surface area (Å²) in [5.74, 6) is 0.368. The number of aliphatic imine (C=N–C) groups is 1. The monoisotopic (exact) mass is 297 g/mol. The molecule has 0 saturated carbocycles. The first-order valence-corrected chi connectivity index (χ1v) is 8.01. The van der Waals surface area contributed by atoms with E-state index in [1.807, 2.05) is 12.1 Å². The van der Waals surface area contributed by atoms with Gasteiger partial charge in [-0.05, 0) is 30.2 Å². The minimum atomic E-state index is 0.114. The van der Waals surface area contributed by atoms with Gasteiger partial charge in [-0.1, -0.05) is 55.1 Å². The zero-order valence-electron chi connectivity index (χ0n) is 12.5. The van der Waals surface area contributed by atoms with Crippen LogP contribution in [0.2, 0.25) is 0 Å². The lowest BCUT2D eigenvalue weighted by molar-refractivity contribution is 0.155. The van der Waals surface area contributed by atoms with E-state index in [0.29, 0.717) is 5.92 Å². The van der Waals surface area contributed by atoms with E-state index in [1.165, 1.54) is 16.7 Å². The predicted octanol–water partition coefficient (Wildman–Crippen LogP) is 4.90. The van der Waals surface area contributed by atoms with Gasteiger partial charge in [0.2, 0.25) is 0 Å². The van der Waals surface area contributed by atoms with Crippen LogP contribution in [0.15, 0.2) is 53.5 Å². The smallest absolute Gasteiger partial charge is 0.115 e. The fraction of sp³-hybridized carbons (Fsp3) is 0.278. The van der Waals surface area contributed by atoms with E-state index in [0.717, 1.165) is 10.7 Å². The van der Waals surface area contributed by atoms with Crippen LogP contribution in [0.1, 0.15) is 29.5 Å². The highest BCUT2D eigenvalue weighted by molar-refractivity contribution is 8.15. The highest BCUT2D eigenvalue weighted by atomic mass is 32.2. The van der Waals surface area contributed by atoms with Gasteiger partial charge in [-0.25, -0.2) is 4.99 Å². The van der Waals surface area contributed by atoms with Crippen LogP contribution in [0, 0.1) is 6.92 Å². The zero-order valence-corrected chi connectivity index (χ0v) is 13.4. The number of ether oxygens (including phenoxy) is 1. The van der Waals surface area contributed by atoms with Crippen LogP contribution in [0.4, 0.5) is 5.69 Å². The lowest BCUT2D eigenvalue weighted by atomic mass is 9.96. The molecule has 0 amide bonds. The summed E-state index contributed by atoms with van der Waals surface area (Å²) in [6.45, 7) is 4.30. The SMILES string of the molecule is CO[C@@H]1SC(=Nc2cccc(C)c2)c2ccccc2[C@H]1C. The molecule has 3 heteroatoms. The van der Waals surface area contributed by atoms with Gasteiger partial charge in [-0.2, -0.15) is 0 Å². The van der Waals surface area contributed by atoms with Crippen molar-refractivity contribution in [2.24, 2.45) is 4.99 Å². The first-order valence-electron chi connectivity index (χ1n) is 7.13. The van der Waals surface area contributed by atoms with Crippen molar-refractivity contribution in [2.45, 2.75) is 25.2 Å². The van der Waals surface area contributed by atoms with Crippen LogP contribution in [-0.4, -0.2) is 17.6 Å². The minimum Gasteiger partial charge on any atom is -0.370 e. The maximum absolute atomic E-state index is 5.63. The van der Waals surface area contributed by atoms with Crippen LogP contribution >= 0.6 is 11.8 Å². The highest BCUT2D eigenvalue weighted by Gasteiger charge is 2.30. The molecule has 0 aromatic heterocycles. The third-order valence-corrected chi connectivity index (χ3v) is 5.15. The molecule has 0 spiro atoms. The molecule has 2 aromatic carbocycles. The molecule has 2 aromatic rings. The molecule has 1 aliphatic heterocycles. The minimum absolute atomic E-state index is 0.114. The Balaban J connectivity index is 2.08. The average Bonchev–Trinajstić information content (AvgIpc) is 2.50. The van der Waals surface area contributed by atoms with Gasteiger partial charge in [0.05, 0.1) is 5.69 Å². The van der Waals surface area contributed by atoms with Crippen molar-refractivity contribution in [3.05, 3.63) is 65.2 Å². The van der Waals surface area contributed by atoms with Gasteiger partial charge in [0.25, 0.3) is 0 Å². The Hall–Kier alpha value is -1.58. The van der Waals surface area contributed by atoms with E-state index < -0.39 is 0 Å². The first kappa shape index (κ1) is 14.4. The first-order chi connectivity index (χ1) is 10.2. The highest BCUT2D eigenvalue weighted by Crippen LogP contribution is 2.40. The van der Waals surface area contributed by atoms with Crippen molar-refractivity contribution < 1.29 is 4.74 Å². The molecule has 1 aliphatic rings. The molecule has 0 fully saturated rings.